The molecule has 1 saturated heterocycles. The molecule has 1 aliphatic heterocycles. The number of hydrogen-bond acceptors (Lipinski definition) is 4. The van der Waals surface area contributed by atoms with Gasteiger partial charge in [-0.05, 0) is 50.1 Å². The van der Waals surface area contributed by atoms with E-state index < -0.39 is 5.25 Å². The highest BCUT2D eigenvalue weighted by Crippen LogP contribution is 2.33. The molecule has 0 radical (unpaired) electrons. The average Bonchev–Trinajstić information content (AvgIpc) is 2.95. The molecule has 0 bridgehead atoms. The number of carbonyl (C=O) groups is 2. The first kappa shape index (κ1) is 20.9. The summed E-state index contributed by atoms with van der Waals surface area (Å²) >= 11 is 1.34. The second-order valence-electron chi connectivity index (χ2n) is 7.15. The summed E-state index contributed by atoms with van der Waals surface area (Å²) in [6.07, 6.45) is 1.77. The van der Waals surface area contributed by atoms with Crippen molar-refractivity contribution < 1.29 is 9.59 Å². The van der Waals surface area contributed by atoms with Crippen molar-refractivity contribution in [1.29, 1.82) is 0 Å². The van der Waals surface area contributed by atoms with Gasteiger partial charge in [0.1, 0.15) is 5.25 Å². The predicted molar refractivity (Wildman–Crippen MR) is 121 cm³/mol. The number of amides is 2. The van der Waals surface area contributed by atoms with Gasteiger partial charge in [-0.25, -0.2) is 4.99 Å². The van der Waals surface area contributed by atoms with Gasteiger partial charge in [0.25, 0.3) is 0 Å². The van der Waals surface area contributed by atoms with Crippen molar-refractivity contribution in [2.45, 2.75) is 32.4 Å². The highest BCUT2D eigenvalue weighted by Gasteiger charge is 2.38. The van der Waals surface area contributed by atoms with E-state index in [9.17, 15) is 9.59 Å². The minimum Gasteiger partial charge on any atom is -0.326 e. The van der Waals surface area contributed by atoms with E-state index in [0.29, 0.717) is 11.7 Å². The lowest BCUT2D eigenvalue weighted by Crippen LogP contribution is -2.33. The Morgan fingerprint density at radius 1 is 1.17 bits per heavy atom. The van der Waals surface area contributed by atoms with Crippen LogP contribution in [0.5, 0.6) is 0 Å². The van der Waals surface area contributed by atoms with Crippen molar-refractivity contribution in [1.82, 2.24) is 4.90 Å². The van der Waals surface area contributed by atoms with Gasteiger partial charge >= 0.3 is 0 Å². The second kappa shape index (κ2) is 9.09. The Kier molecular flexibility index (Phi) is 6.54. The third-order valence-electron chi connectivity index (χ3n) is 4.62. The standard InChI is InChI=1S/C23H25N3O2S/c1-5-12-26-22(28)20(14-21(27)24-18-10-7-15(2)8-11-18)29-23(26)25-19-13-16(3)6-9-17(19)4/h5-11,13,20H,1,12,14H2,2-4H3,(H,24,27)/t20-/m1/s1. The molecule has 2 aromatic rings. The maximum atomic E-state index is 12.9. The number of rotatable bonds is 6. The van der Waals surface area contributed by atoms with E-state index in [4.69, 9.17) is 4.99 Å². The Hall–Kier alpha value is -2.86. The van der Waals surface area contributed by atoms with E-state index in [-0.39, 0.29) is 18.2 Å². The molecule has 1 fully saturated rings. The highest BCUT2D eigenvalue weighted by atomic mass is 32.2. The van der Waals surface area contributed by atoms with Gasteiger partial charge < -0.3 is 5.32 Å². The molecule has 29 heavy (non-hydrogen) atoms. The number of thioether (sulfide) groups is 1. The van der Waals surface area contributed by atoms with Gasteiger partial charge in [0, 0.05) is 18.7 Å². The van der Waals surface area contributed by atoms with Crippen molar-refractivity contribution in [3.63, 3.8) is 0 Å². The quantitative estimate of drug-likeness (QED) is 0.703. The molecule has 6 heteroatoms. The maximum absolute atomic E-state index is 12.9. The van der Waals surface area contributed by atoms with Crippen LogP contribution in [0.2, 0.25) is 0 Å². The molecule has 0 unspecified atom stereocenters. The van der Waals surface area contributed by atoms with Gasteiger partial charge in [0.15, 0.2) is 5.17 Å². The van der Waals surface area contributed by atoms with Crippen LogP contribution in [-0.4, -0.2) is 33.7 Å². The number of benzene rings is 2. The molecule has 0 aromatic heterocycles. The summed E-state index contributed by atoms with van der Waals surface area (Å²) in [5.74, 6) is -0.302. The molecule has 2 aromatic carbocycles. The number of aryl methyl sites for hydroxylation is 3. The lowest BCUT2D eigenvalue weighted by atomic mass is 10.1. The van der Waals surface area contributed by atoms with E-state index >= 15 is 0 Å². The summed E-state index contributed by atoms with van der Waals surface area (Å²) in [6, 6.07) is 13.6. The first-order valence-electron chi connectivity index (χ1n) is 9.49. The molecule has 0 spiro atoms. The maximum Gasteiger partial charge on any atom is 0.242 e. The van der Waals surface area contributed by atoms with Crippen molar-refractivity contribution in [3.05, 3.63) is 71.8 Å². The van der Waals surface area contributed by atoms with E-state index in [0.717, 1.165) is 28.1 Å². The molecular formula is C23H25N3O2S. The summed E-state index contributed by atoms with van der Waals surface area (Å²) in [6.45, 7) is 10.1. The fraction of sp³-hybridized carbons (Fsp3) is 0.261. The third-order valence-corrected chi connectivity index (χ3v) is 5.79. The normalized spacial score (nSPS) is 17.6. The Labute approximate surface area is 175 Å². The smallest absolute Gasteiger partial charge is 0.242 e. The number of hydrogen-bond donors (Lipinski definition) is 1. The van der Waals surface area contributed by atoms with Crippen LogP contribution in [0, 0.1) is 20.8 Å². The molecule has 3 rings (SSSR count). The number of aliphatic imine (C=N–C) groups is 1. The van der Waals surface area contributed by atoms with Gasteiger partial charge in [-0.15, -0.1) is 6.58 Å². The van der Waals surface area contributed by atoms with Crippen LogP contribution < -0.4 is 5.32 Å². The minimum atomic E-state index is -0.496. The second-order valence-corrected chi connectivity index (χ2v) is 8.32. The van der Waals surface area contributed by atoms with E-state index in [2.05, 4.69) is 11.9 Å². The van der Waals surface area contributed by atoms with Crippen LogP contribution in [0.15, 0.2) is 60.1 Å². The van der Waals surface area contributed by atoms with Crippen molar-refractivity contribution in [2.75, 3.05) is 11.9 Å². The first-order chi connectivity index (χ1) is 13.9. The average molecular weight is 408 g/mol. The van der Waals surface area contributed by atoms with Crippen molar-refractivity contribution in [2.24, 2.45) is 4.99 Å². The molecule has 150 valence electrons. The summed E-state index contributed by atoms with van der Waals surface area (Å²) in [4.78, 5) is 31.7. The molecule has 1 aliphatic rings. The van der Waals surface area contributed by atoms with Crippen LogP contribution in [0.1, 0.15) is 23.1 Å². The lowest BCUT2D eigenvalue weighted by Gasteiger charge is -2.14. The summed E-state index contributed by atoms with van der Waals surface area (Å²) in [5, 5.41) is 2.97. The Balaban J connectivity index is 1.76. The Morgan fingerprint density at radius 2 is 1.86 bits per heavy atom. The number of nitrogens with zero attached hydrogens (tertiary/aromatic N) is 2. The summed E-state index contributed by atoms with van der Waals surface area (Å²) in [5.41, 5.74) is 4.82. The largest absolute Gasteiger partial charge is 0.326 e. The number of anilines is 1. The molecule has 5 nitrogen and oxygen atoms in total. The number of carbonyl (C=O) groups excluding carboxylic acids is 2. The third kappa shape index (κ3) is 5.15. The van der Waals surface area contributed by atoms with Crippen LogP contribution >= 0.6 is 11.8 Å². The summed E-state index contributed by atoms with van der Waals surface area (Å²) in [7, 11) is 0. The van der Waals surface area contributed by atoms with Gasteiger partial charge in [-0.3, -0.25) is 14.5 Å². The van der Waals surface area contributed by atoms with Crippen LogP contribution in [-0.2, 0) is 9.59 Å². The van der Waals surface area contributed by atoms with Crippen molar-refractivity contribution in [3.8, 4) is 0 Å². The zero-order valence-corrected chi connectivity index (χ0v) is 17.8. The highest BCUT2D eigenvalue weighted by molar-refractivity contribution is 8.15. The summed E-state index contributed by atoms with van der Waals surface area (Å²) < 4.78 is 0. The fourth-order valence-electron chi connectivity index (χ4n) is 2.98. The SMILES string of the molecule is C=CCN1C(=O)[C@@H](CC(=O)Nc2ccc(C)cc2)SC1=Nc1cc(C)ccc1C. The molecule has 0 saturated carbocycles. The van der Waals surface area contributed by atoms with Gasteiger partial charge in [0.05, 0.1) is 5.69 Å². The van der Waals surface area contributed by atoms with Crippen LogP contribution in [0.25, 0.3) is 0 Å². The van der Waals surface area contributed by atoms with Crippen LogP contribution in [0.4, 0.5) is 11.4 Å². The molecule has 1 N–H and O–H groups in total. The van der Waals surface area contributed by atoms with Gasteiger partial charge in [-0.2, -0.15) is 0 Å². The Morgan fingerprint density at radius 3 is 2.55 bits per heavy atom. The van der Waals surface area contributed by atoms with E-state index in [1.54, 1.807) is 11.0 Å². The van der Waals surface area contributed by atoms with Crippen molar-refractivity contribution >= 4 is 40.1 Å². The molecular weight excluding hydrogens is 382 g/mol. The topological polar surface area (TPSA) is 61.8 Å². The first-order valence-corrected chi connectivity index (χ1v) is 10.4. The molecule has 2 amide bonds. The number of amidine groups is 1. The minimum absolute atomic E-state index is 0.0941. The van der Waals surface area contributed by atoms with Gasteiger partial charge in [-0.1, -0.05) is 47.7 Å². The Bertz CT molecular complexity index is 967. The number of nitrogens with one attached hydrogen (secondary N) is 1. The fourth-order valence-corrected chi connectivity index (χ4v) is 4.14. The molecule has 1 heterocycles. The van der Waals surface area contributed by atoms with E-state index in [1.807, 2.05) is 63.2 Å². The zero-order chi connectivity index (χ0) is 21.0. The molecule has 0 aliphatic carbocycles. The monoisotopic (exact) mass is 407 g/mol. The lowest BCUT2D eigenvalue weighted by molar-refractivity contribution is -0.127. The molecule has 1 atom stereocenters. The predicted octanol–water partition coefficient (Wildman–Crippen LogP) is 4.76. The van der Waals surface area contributed by atoms with E-state index in [1.165, 1.54) is 11.8 Å². The zero-order valence-electron chi connectivity index (χ0n) is 16.9. The van der Waals surface area contributed by atoms with Crippen LogP contribution in [0.3, 0.4) is 0 Å². The van der Waals surface area contributed by atoms with Gasteiger partial charge in [0.2, 0.25) is 11.8 Å².